The summed E-state index contributed by atoms with van der Waals surface area (Å²) in [7, 11) is 0. The van der Waals surface area contributed by atoms with Crippen LogP contribution in [-0.2, 0) is 0 Å². The Labute approximate surface area is 61.2 Å². The molecule has 0 radical (unpaired) electrons. The molecule has 2 nitrogen and oxygen atoms in total. The summed E-state index contributed by atoms with van der Waals surface area (Å²) in [6, 6.07) is 2.37. The Kier molecular flexibility index (Phi) is 1.39. The lowest BCUT2D eigenvalue weighted by Crippen LogP contribution is -2.12. The fourth-order valence-corrected chi connectivity index (χ4v) is 1.86. The van der Waals surface area contributed by atoms with E-state index >= 15 is 0 Å². The van der Waals surface area contributed by atoms with E-state index in [1.807, 2.05) is 0 Å². The number of hydrogen-bond donors (Lipinski definition) is 1. The molecule has 1 N–H and O–H groups in total. The number of nitriles is 1. The van der Waals surface area contributed by atoms with E-state index in [1.165, 1.54) is 12.8 Å². The molecule has 0 bridgehead atoms. The van der Waals surface area contributed by atoms with E-state index in [2.05, 4.69) is 11.4 Å². The average Bonchev–Trinajstić information content (AvgIpc) is 2.69. The van der Waals surface area contributed by atoms with Gasteiger partial charge in [0.05, 0.1) is 12.0 Å². The second-order valence-corrected chi connectivity index (χ2v) is 3.40. The molecule has 54 valence electrons. The second kappa shape index (κ2) is 2.25. The van der Waals surface area contributed by atoms with Gasteiger partial charge in [-0.25, -0.2) is 0 Å². The summed E-state index contributed by atoms with van der Waals surface area (Å²) < 4.78 is 0. The molecule has 1 heterocycles. The first kappa shape index (κ1) is 6.18. The van der Waals surface area contributed by atoms with Crippen LogP contribution in [0.5, 0.6) is 0 Å². The Morgan fingerprint density at radius 3 is 2.70 bits per heavy atom. The highest BCUT2D eigenvalue weighted by Crippen LogP contribution is 2.41. The minimum Gasteiger partial charge on any atom is -0.315 e. The molecule has 2 fully saturated rings. The van der Waals surface area contributed by atoms with E-state index < -0.39 is 0 Å². The van der Waals surface area contributed by atoms with Gasteiger partial charge in [-0.15, -0.1) is 0 Å². The van der Waals surface area contributed by atoms with Crippen molar-refractivity contribution < 1.29 is 0 Å². The number of hydrogen-bond acceptors (Lipinski definition) is 2. The lowest BCUT2D eigenvalue weighted by atomic mass is 9.93. The van der Waals surface area contributed by atoms with Gasteiger partial charge in [0.15, 0.2) is 0 Å². The molecule has 0 aromatic rings. The molecule has 1 saturated heterocycles. The van der Waals surface area contributed by atoms with Crippen LogP contribution >= 0.6 is 0 Å². The van der Waals surface area contributed by atoms with E-state index in [-0.39, 0.29) is 0 Å². The van der Waals surface area contributed by atoms with Crippen molar-refractivity contribution >= 4 is 0 Å². The summed E-state index contributed by atoms with van der Waals surface area (Å²) in [5.41, 5.74) is 0. The van der Waals surface area contributed by atoms with Crippen molar-refractivity contribution in [2.75, 3.05) is 13.1 Å². The highest BCUT2D eigenvalue weighted by atomic mass is 14.9. The van der Waals surface area contributed by atoms with Gasteiger partial charge >= 0.3 is 0 Å². The van der Waals surface area contributed by atoms with Crippen LogP contribution in [0.1, 0.15) is 12.8 Å². The minimum absolute atomic E-state index is 0.312. The third-order valence-electron chi connectivity index (χ3n) is 2.65. The van der Waals surface area contributed by atoms with Crippen LogP contribution in [0.4, 0.5) is 0 Å². The summed E-state index contributed by atoms with van der Waals surface area (Å²) >= 11 is 0. The van der Waals surface area contributed by atoms with Crippen molar-refractivity contribution in [3.63, 3.8) is 0 Å². The summed E-state index contributed by atoms with van der Waals surface area (Å²) in [5.74, 6) is 1.89. The van der Waals surface area contributed by atoms with Crippen LogP contribution in [0.15, 0.2) is 0 Å². The van der Waals surface area contributed by atoms with Gasteiger partial charge in [0.1, 0.15) is 0 Å². The van der Waals surface area contributed by atoms with E-state index in [9.17, 15) is 0 Å². The topological polar surface area (TPSA) is 35.8 Å². The first-order chi connectivity index (χ1) is 4.92. The smallest absolute Gasteiger partial charge is 0.0672 e. The van der Waals surface area contributed by atoms with Crippen molar-refractivity contribution in [3.8, 4) is 6.07 Å². The number of rotatable bonds is 1. The van der Waals surface area contributed by atoms with Crippen molar-refractivity contribution in [1.29, 1.82) is 5.26 Å². The molecule has 2 heteroatoms. The largest absolute Gasteiger partial charge is 0.315 e. The van der Waals surface area contributed by atoms with Crippen molar-refractivity contribution in [2.24, 2.45) is 17.8 Å². The maximum atomic E-state index is 8.72. The maximum absolute atomic E-state index is 8.72. The van der Waals surface area contributed by atoms with Crippen LogP contribution in [0.25, 0.3) is 0 Å². The van der Waals surface area contributed by atoms with Gasteiger partial charge in [0.25, 0.3) is 0 Å². The third kappa shape index (κ3) is 0.911. The highest BCUT2D eigenvalue weighted by Gasteiger charge is 2.39. The average molecular weight is 136 g/mol. The normalized spacial score (nSPS) is 39.5. The van der Waals surface area contributed by atoms with Gasteiger partial charge in [-0.2, -0.15) is 5.26 Å². The summed E-state index contributed by atoms with van der Waals surface area (Å²) in [6.45, 7) is 2.01. The van der Waals surface area contributed by atoms with Crippen molar-refractivity contribution in [1.82, 2.24) is 5.32 Å². The monoisotopic (exact) mass is 136 g/mol. The third-order valence-corrected chi connectivity index (χ3v) is 2.65. The Morgan fingerprint density at radius 2 is 2.10 bits per heavy atom. The van der Waals surface area contributed by atoms with Gasteiger partial charge < -0.3 is 5.32 Å². The molecule has 1 saturated carbocycles. The van der Waals surface area contributed by atoms with Crippen LogP contribution in [0.2, 0.25) is 0 Å². The SMILES string of the molecule is N#C[C@H]1CNC[C@@H]1C1CC1. The molecule has 1 aliphatic heterocycles. The second-order valence-electron chi connectivity index (χ2n) is 3.40. The summed E-state index contributed by atoms with van der Waals surface area (Å²) in [4.78, 5) is 0. The minimum atomic E-state index is 0.312. The van der Waals surface area contributed by atoms with Gasteiger partial charge in [0.2, 0.25) is 0 Å². The fourth-order valence-electron chi connectivity index (χ4n) is 1.86. The molecule has 0 aromatic heterocycles. The van der Waals surface area contributed by atoms with Crippen LogP contribution in [0, 0.1) is 29.1 Å². The Balaban J connectivity index is 1.99. The molecule has 2 atom stereocenters. The van der Waals surface area contributed by atoms with Crippen LogP contribution in [0.3, 0.4) is 0 Å². The molecule has 0 unspecified atom stereocenters. The van der Waals surface area contributed by atoms with Gasteiger partial charge in [-0.3, -0.25) is 0 Å². The molecular formula is C8H12N2. The lowest BCUT2D eigenvalue weighted by Gasteiger charge is -2.08. The zero-order valence-electron chi connectivity index (χ0n) is 6.01. The Hall–Kier alpha value is -0.550. The molecule has 0 aromatic carbocycles. The molecule has 10 heavy (non-hydrogen) atoms. The number of nitrogens with one attached hydrogen (secondary N) is 1. The summed E-state index contributed by atoms with van der Waals surface area (Å²) in [5, 5.41) is 12.0. The van der Waals surface area contributed by atoms with E-state index in [1.54, 1.807) is 0 Å². The summed E-state index contributed by atoms with van der Waals surface area (Å²) in [6.07, 6.45) is 2.73. The lowest BCUT2D eigenvalue weighted by molar-refractivity contribution is 0.442. The quantitative estimate of drug-likeness (QED) is 0.577. The zero-order chi connectivity index (χ0) is 6.97. The van der Waals surface area contributed by atoms with Crippen molar-refractivity contribution in [2.45, 2.75) is 12.8 Å². The fraction of sp³-hybridized carbons (Fsp3) is 0.875. The van der Waals surface area contributed by atoms with Gasteiger partial charge in [-0.1, -0.05) is 0 Å². The first-order valence-electron chi connectivity index (χ1n) is 4.02. The van der Waals surface area contributed by atoms with E-state index in [0.29, 0.717) is 11.8 Å². The maximum Gasteiger partial charge on any atom is 0.0672 e. The Bertz CT molecular complexity index is 167. The van der Waals surface area contributed by atoms with Gasteiger partial charge in [0, 0.05) is 6.54 Å². The van der Waals surface area contributed by atoms with Crippen LogP contribution < -0.4 is 5.32 Å². The highest BCUT2D eigenvalue weighted by molar-refractivity contribution is 5.00. The van der Waals surface area contributed by atoms with Crippen molar-refractivity contribution in [3.05, 3.63) is 0 Å². The predicted molar refractivity (Wildman–Crippen MR) is 38.2 cm³/mol. The molecule has 2 rings (SSSR count). The molecular weight excluding hydrogens is 124 g/mol. The van der Waals surface area contributed by atoms with Gasteiger partial charge in [-0.05, 0) is 31.2 Å². The molecule has 1 aliphatic carbocycles. The molecule has 2 aliphatic rings. The van der Waals surface area contributed by atoms with E-state index in [4.69, 9.17) is 5.26 Å². The molecule has 0 amide bonds. The first-order valence-corrected chi connectivity index (χ1v) is 4.02. The van der Waals surface area contributed by atoms with E-state index in [0.717, 1.165) is 19.0 Å². The standard InChI is InChI=1S/C8H12N2/c9-3-7-4-10-5-8(7)6-1-2-6/h6-8,10H,1-2,4-5H2/t7-,8+/m0/s1. The molecule has 0 spiro atoms. The zero-order valence-corrected chi connectivity index (χ0v) is 6.01. The number of nitrogens with zero attached hydrogens (tertiary/aromatic N) is 1. The predicted octanol–water partition coefficient (Wildman–Crippen LogP) is 0.756. The Morgan fingerprint density at radius 1 is 1.30 bits per heavy atom. The van der Waals surface area contributed by atoms with Crippen LogP contribution in [-0.4, -0.2) is 13.1 Å².